The van der Waals surface area contributed by atoms with Gasteiger partial charge < -0.3 is 15.4 Å². The van der Waals surface area contributed by atoms with E-state index in [0.29, 0.717) is 0 Å². The van der Waals surface area contributed by atoms with Gasteiger partial charge in [-0.25, -0.2) is 0 Å². The van der Waals surface area contributed by atoms with Gasteiger partial charge in [0.2, 0.25) is 0 Å². The molecule has 1 rings (SSSR count). The first-order valence-corrected chi connectivity index (χ1v) is 6.32. The molecule has 0 radical (unpaired) electrons. The molecule has 0 amide bonds. The van der Waals surface area contributed by atoms with E-state index in [9.17, 15) is 0 Å². The van der Waals surface area contributed by atoms with Gasteiger partial charge in [-0.2, -0.15) is 0 Å². The van der Waals surface area contributed by atoms with Crippen LogP contribution < -0.4 is 5.73 Å². The molecule has 0 atom stereocenters. The zero-order valence-electron chi connectivity index (χ0n) is 10.1. The van der Waals surface area contributed by atoms with Crippen molar-refractivity contribution in [2.75, 3.05) is 33.4 Å². The maximum absolute atomic E-state index is 5.59. The van der Waals surface area contributed by atoms with E-state index in [1.54, 1.807) is 0 Å². The van der Waals surface area contributed by atoms with Crippen LogP contribution in [0.25, 0.3) is 0 Å². The van der Waals surface area contributed by atoms with E-state index in [0.717, 1.165) is 38.8 Å². The summed E-state index contributed by atoms with van der Waals surface area (Å²) in [6.45, 7) is 3.73. The average molecular weight is 214 g/mol. The van der Waals surface area contributed by atoms with Crippen molar-refractivity contribution >= 4 is 0 Å². The minimum Gasteiger partial charge on any atom is -0.380 e. The average Bonchev–Trinajstić information content (AvgIpc) is 3.05. The van der Waals surface area contributed by atoms with Crippen LogP contribution in [-0.2, 0) is 4.74 Å². The number of rotatable bonds is 10. The molecule has 0 aromatic heterocycles. The predicted octanol–water partition coefficient (Wildman–Crippen LogP) is 1.62. The van der Waals surface area contributed by atoms with Crippen LogP contribution >= 0.6 is 0 Å². The number of hydrogen-bond donors (Lipinski definition) is 1. The molecule has 3 nitrogen and oxygen atoms in total. The lowest BCUT2D eigenvalue weighted by atomic mass is 10.2. The second-order valence-electron chi connectivity index (χ2n) is 4.53. The first-order chi connectivity index (χ1) is 7.34. The summed E-state index contributed by atoms with van der Waals surface area (Å²) < 4.78 is 5.59. The standard InChI is InChI=1S/C12H26N2O/c1-14(12-6-7-12)9-11-15-10-5-3-2-4-8-13/h12H,2-11,13H2,1H3. The van der Waals surface area contributed by atoms with Crippen molar-refractivity contribution in [1.82, 2.24) is 4.90 Å². The van der Waals surface area contributed by atoms with Crippen LogP contribution in [0.15, 0.2) is 0 Å². The summed E-state index contributed by atoms with van der Waals surface area (Å²) in [5.41, 5.74) is 5.42. The molecule has 0 aromatic carbocycles. The lowest BCUT2D eigenvalue weighted by Crippen LogP contribution is -2.25. The lowest BCUT2D eigenvalue weighted by molar-refractivity contribution is 0.106. The van der Waals surface area contributed by atoms with Crippen molar-refractivity contribution in [3.63, 3.8) is 0 Å². The molecule has 2 N–H and O–H groups in total. The van der Waals surface area contributed by atoms with Crippen LogP contribution in [0.4, 0.5) is 0 Å². The molecule has 0 spiro atoms. The highest BCUT2D eigenvalue weighted by Crippen LogP contribution is 2.24. The van der Waals surface area contributed by atoms with E-state index >= 15 is 0 Å². The molecule has 0 unspecified atom stereocenters. The van der Waals surface area contributed by atoms with Gasteiger partial charge in [-0.05, 0) is 39.3 Å². The highest BCUT2D eigenvalue weighted by atomic mass is 16.5. The van der Waals surface area contributed by atoms with Crippen LogP contribution in [0.1, 0.15) is 38.5 Å². The van der Waals surface area contributed by atoms with Gasteiger partial charge >= 0.3 is 0 Å². The Kier molecular flexibility index (Phi) is 6.98. The summed E-state index contributed by atoms with van der Waals surface area (Å²) in [5, 5.41) is 0. The zero-order valence-corrected chi connectivity index (χ0v) is 10.1. The zero-order chi connectivity index (χ0) is 10.9. The lowest BCUT2D eigenvalue weighted by Gasteiger charge is -2.15. The second-order valence-corrected chi connectivity index (χ2v) is 4.53. The third-order valence-corrected chi connectivity index (χ3v) is 3.00. The third kappa shape index (κ3) is 6.88. The van der Waals surface area contributed by atoms with Gasteiger partial charge in [0.25, 0.3) is 0 Å². The van der Waals surface area contributed by atoms with Crippen molar-refractivity contribution in [3.05, 3.63) is 0 Å². The Morgan fingerprint density at radius 3 is 2.53 bits per heavy atom. The van der Waals surface area contributed by atoms with Crippen LogP contribution in [0.3, 0.4) is 0 Å². The minimum atomic E-state index is 0.826. The Balaban J connectivity index is 1.72. The summed E-state index contributed by atoms with van der Waals surface area (Å²) in [7, 11) is 2.20. The van der Waals surface area contributed by atoms with Crippen LogP contribution in [0.5, 0.6) is 0 Å². The van der Waals surface area contributed by atoms with Crippen LogP contribution in [0, 0.1) is 0 Å². The van der Waals surface area contributed by atoms with Gasteiger partial charge in [-0.3, -0.25) is 0 Å². The Bertz CT molecular complexity index is 149. The number of likely N-dealkylation sites (N-methyl/N-ethyl adjacent to an activating group) is 1. The topological polar surface area (TPSA) is 38.5 Å². The summed E-state index contributed by atoms with van der Waals surface area (Å²) in [6, 6.07) is 0.859. The minimum absolute atomic E-state index is 0.826. The van der Waals surface area contributed by atoms with Crippen molar-refractivity contribution < 1.29 is 4.74 Å². The van der Waals surface area contributed by atoms with Crippen LogP contribution in [0.2, 0.25) is 0 Å². The van der Waals surface area contributed by atoms with Gasteiger partial charge in [-0.1, -0.05) is 12.8 Å². The summed E-state index contributed by atoms with van der Waals surface area (Å²) in [4.78, 5) is 2.41. The highest BCUT2D eigenvalue weighted by molar-refractivity contribution is 4.81. The van der Waals surface area contributed by atoms with Gasteiger partial charge in [0, 0.05) is 19.2 Å². The van der Waals surface area contributed by atoms with Crippen molar-refractivity contribution in [2.45, 2.75) is 44.6 Å². The Morgan fingerprint density at radius 1 is 1.13 bits per heavy atom. The molecule has 0 bridgehead atoms. The first kappa shape index (κ1) is 12.9. The third-order valence-electron chi connectivity index (χ3n) is 3.00. The van der Waals surface area contributed by atoms with Gasteiger partial charge in [0.1, 0.15) is 0 Å². The largest absolute Gasteiger partial charge is 0.380 e. The molecular weight excluding hydrogens is 188 g/mol. The first-order valence-electron chi connectivity index (χ1n) is 6.32. The monoisotopic (exact) mass is 214 g/mol. The Hall–Kier alpha value is -0.120. The number of hydrogen-bond acceptors (Lipinski definition) is 3. The smallest absolute Gasteiger partial charge is 0.0593 e. The van der Waals surface area contributed by atoms with Crippen molar-refractivity contribution in [3.8, 4) is 0 Å². The normalized spacial score (nSPS) is 16.2. The van der Waals surface area contributed by atoms with E-state index < -0.39 is 0 Å². The van der Waals surface area contributed by atoms with Gasteiger partial charge in [0.05, 0.1) is 6.61 Å². The molecule has 3 heteroatoms. The Morgan fingerprint density at radius 2 is 1.87 bits per heavy atom. The molecule has 0 saturated heterocycles. The quantitative estimate of drug-likeness (QED) is 0.562. The second kappa shape index (κ2) is 8.08. The molecular formula is C12H26N2O. The number of nitrogens with two attached hydrogens (primary N) is 1. The number of unbranched alkanes of at least 4 members (excludes halogenated alkanes) is 3. The highest BCUT2D eigenvalue weighted by Gasteiger charge is 2.25. The molecule has 15 heavy (non-hydrogen) atoms. The maximum atomic E-state index is 5.59. The molecule has 1 aliphatic carbocycles. The summed E-state index contributed by atoms with van der Waals surface area (Å²) in [6.07, 6.45) is 7.63. The number of ether oxygens (including phenoxy) is 1. The molecule has 0 aromatic rings. The number of nitrogens with zero attached hydrogens (tertiary/aromatic N) is 1. The summed E-state index contributed by atoms with van der Waals surface area (Å²) in [5.74, 6) is 0. The molecule has 90 valence electrons. The van der Waals surface area contributed by atoms with Crippen molar-refractivity contribution in [1.29, 1.82) is 0 Å². The molecule has 0 heterocycles. The van der Waals surface area contributed by atoms with Gasteiger partial charge in [-0.15, -0.1) is 0 Å². The van der Waals surface area contributed by atoms with E-state index in [1.165, 1.54) is 32.1 Å². The SMILES string of the molecule is CN(CCOCCCCCCN)C1CC1. The molecule has 1 saturated carbocycles. The fourth-order valence-corrected chi connectivity index (χ4v) is 1.71. The fourth-order valence-electron chi connectivity index (χ4n) is 1.71. The molecule has 1 fully saturated rings. The summed E-state index contributed by atoms with van der Waals surface area (Å²) >= 11 is 0. The maximum Gasteiger partial charge on any atom is 0.0593 e. The van der Waals surface area contributed by atoms with E-state index in [2.05, 4.69) is 11.9 Å². The predicted molar refractivity (Wildman–Crippen MR) is 64.0 cm³/mol. The Labute approximate surface area is 94.0 Å². The van der Waals surface area contributed by atoms with Gasteiger partial charge in [0.15, 0.2) is 0 Å². The fraction of sp³-hybridized carbons (Fsp3) is 1.00. The van der Waals surface area contributed by atoms with Crippen LogP contribution in [-0.4, -0.2) is 44.3 Å². The molecule has 0 aliphatic heterocycles. The van der Waals surface area contributed by atoms with E-state index in [-0.39, 0.29) is 0 Å². The molecule has 1 aliphatic rings. The van der Waals surface area contributed by atoms with Crippen molar-refractivity contribution in [2.24, 2.45) is 5.73 Å². The van der Waals surface area contributed by atoms with E-state index in [4.69, 9.17) is 10.5 Å². The van der Waals surface area contributed by atoms with E-state index in [1.807, 2.05) is 0 Å².